The van der Waals surface area contributed by atoms with E-state index in [4.69, 9.17) is 10.00 Å². The normalized spacial score (nSPS) is 10.7. The van der Waals surface area contributed by atoms with Gasteiger partial charge in [0.25, 0.3) is 0 Å². The molecule has 0 unspecified atom stereocenters. The van der Waals surface area contributed by atoms with Gasteiger partial charge in [0.15, 0.2) is 9.84 Å². The summed E-state index contributed by atoms with van der Waals surface area (Å²) in [5.41, 5.74) is -0.197. The Labute approximate surface area is 126 Å². The minimum Gasteiger partial charge on any atom is -0.450 e. The van der Waals surface area contributed by atoms with Crippen LogP contribution < -0.4 is 4.74 Å². The molecular weight excluding hydrogens is 308 g/mol. The van der Waals surface area contributed by atoms with Crippen LogP contribution in [0.2, 0.25) is 0 Å². The molecular formula is C14H10N2O5S. The minimum atomic E-state index is -3.32. The predicted molar refractivity (Wildman–Crippen MR) is 77.4 cm³/mol. The van der Waals surface area contributed by atoms with E-state index in [2.05, 4.69) is 0 Å². The maximum absolute atomic E-state index is 11.4. The van der Waals surface area contributed by atoms with Gasteiger partial charge in [0.2, 0.25) is 5.75 Å². The van der Waals surface area contributed by atoms with E-state index in [1.807, 2.05) is 6.07 Å². The summed E-state index contributed by atoms with van der Waals surface area (Å²) in [4.78, 5) is 10.5. The largest absolute Gasteiger partial charge is 0.450 e. The van der Waals surface area contributed by atoms with Crippen molar-refractivity contribution < 1.29 is 18.1 Å². The first kappa shape index (κ1) is 15.5. The number of sulfone groups is 1. The Hall–Kier alpha value is -2.92. The van der Waals surface area contributed by atoms with Gasteiger partial charge in [-0.1, -0.05) is 0 Å². The average Bonchev–Trinajstić information content (AvgIpc) is 2.47. The highest BCUT2D eigenvalue weighted by Gasteiger charge is 2.17. The highest BCUT2D eigenvalue weighted by atomic mass is 32.2. The van der Waals surface area contributed by atoms with E-state index in [0.29, 0.717) is 0 Å². The average molecular weight is 318 g/mol. The highest BCUT2D eigenvalue weighted by molar-refractivity contribution is 7.90. The second kappa shape index (κ2) is 5.83. The first-order valence-corrected chi connectivity index (χ1v) is 7.87. The lowest BCUT2D eigenvalue weighted by atomic mass is 10.2. The van der Waals surface area contributed by atoms with E-state index < -0.39 is 14.8 Å². The topological polar surface area (TPSA) is 110 Å². The molecule has 22 heavy (non-hydrogen) atoms. The molecule has 0 aliphatic heterocycles. The van der Waals surface area contributed by atoms with Gasteiger partial charge in [-0.25, -0.2) is 8.42 Å². The summed E-state index contributed by atoms with van der Waals surface area (Å²) >= 11 is 0. The number of hydrogen-bond donors (Lipinski definition) is 0. The van der Waals surface area contributed by atoms with Crippen molar-refractivity contribution in [1.82, 2.24) is 0 Å². The molecule has 0 atom stereocenters. The maximum Gasteiger partial charge on any atom is 0.312 e. The lowest BCUT2D eigenvalue weighted by Gasteiger charge is -2.07. The molecule has 0 bridgehead atoms. The molecule has 2 aromatic carbocycles. The molecule has 112 valence electrons. The van der Waals surface area contributed by atoms with Gasteiger partial charge in [0.1, 0.15) is 5.75 Å². The van der Waals surface area contributed by atoms with Crippen molar-refractivity contribution in [3.63, 3.8) is 0 Å². The van der Waals surface area contributed by atoms with Crippen molar-refractivity contribution in [2.45, 2.75) is 4.90 Å². The van der Waals surface area contributed by atoms with Crippen molar-refractivity contribution in [3.8, 4) is 17.6 Å². The molecule has 0 saturated heterocycles. The lowest BCUT2D eigenvalue weighted by Crippen LogP contribution is -1.97. The second-order valence-electron chi connectivity index (χ2n) is 4.40. The van der Waals surface area contributed by atoms with Crippen LogP contribution in [0.25, 0.3) is 0 Å². The van der Waals surface area contributed by atoms with Crippen LogP contribution in [0.4, 0.5) is 5.69 Å². The van der Waals surface area contributed by atoms with E-state index in [-0.39, 0.29) is 27.6 Å². The quantitative estimate of drug-likeness (QED) is 0.633. The van der Waals surface area contributed by atoms with E-state index in [9.17, 15) is 18.5 Å². The Morgan fingerprint density at radius 1 is 1.18 bits per heavy atom. The minimum absolute atomic E-state index is 0.0314. The van der Waals surface area contributed by atoms with Crippen molar-refractivity contribution in [2.24, 2.45) is 0 Å². The number of rotatable bonds is 4. The summed E-state index contributed by atoms with van der Waals surface area (Å²) < 4.78 is 28.1. The molecule has 0 heterocycles. The van der Waals surface area contributed by atoms with Gasteiger partial charge in [0, 0.05) is 12.3 Å². The van der Waals surface area contributed by atoms with Crippen molar-refractivity contribution >= 4 is 15.5 Å². The molecule has 7 nitrogen and oxygen atoms in total. The van der Waals surface area contributed by atoms with E-state index >= 15 is 0 Å². The number of ether oxygens (including phenoxy) is 1. The lowest BCUT2D eigenvalue weighted by molar-refractivity contribution is -0.385. The zero-order valence-electron chi connectivity index (χ0n) is 11.4. The zero-order valence-corrected chi connectivity index (χ0v) is 12.2. The summed E-state index contributed by atoms with van der Waals surface area (Å²) in [6.45, 7) is 0. The Morgan fingerprint density at radius 3 is 2.32 bits per heavy atom. The SMILES string of the molecule is CS(=O)(=O)c1ccc(Oc2ccc(C#N)cc2[N+](=O)[O-])cc1. The maximum atomic E-state index is 11.4. The molecule has 0 radical (unpaired) electrons. The number of benzene rings is 2. The fourth-order valence-corrected chi connectivity index (χ4v) is 2.33. The third kappa shape index (κ3) is 3.39. The summed E-state index contributed by atoms with van der Waals surface area (Å²) in [5.74, 6) is 0.219. The molecule has 8 heteroatoms. The van der Waals surface area contributed by atoms with Crippen molar-refractivity contribution in [2.75, 3.05) is 6.26 Å². The molecule has 0 aliphatic carbocycles. The molecule has 0 fully saturated rings. The zero-order chi connectivity index (χ0) is 16.3. The Kier molecular flexibility index (Phi) is 4.10. The van der Waals surface area contributed by atoms with Gasteiger partial charge in [-0.05, 0) is 36.4 Å². The summed E-state index contributed by atoms with van der Waals surface area (Å²) in [7, 11) is -3.32. The Balaban J connectivity index is 2.35. The van der Waals surface area contributed by atoms with Gasteiger partial charge in [-0.2, -0.15) is 5.26 Å². The van der Waals surface area contributed by atoms with E-state index in [0.717, 1.165) is 12.3 Å². The van der Waals surface area contributed by atoms with Gasteiger partial charge >= 0.3 is 5.69 Å². The monoisotopic (exact) mass is 318 g/mol. The smallest absolute Gasteiger partial charge is 0.312 e. The molecule has 0 N–H and O–H groups in total. The van der Waals surface area contributed by atoms with Gasteiger partial charge < -0.3 is 4.74 Å². The number of hydrogen-bond acceptors (Lipinski definition) is 6. The standard InChI is InChI=1S/C14H10N2O5S/c1-22(19,20)12-5-3-11(4-6-12)21-14-7-2-10(9-15)8-13(14)16(17)18/h2-8H,1H3. The van der Waals surface area contributed by atoms with Crippen LogP contribution in [0.5, 0.6) is 11.5 Å². The van der Waals surface area contributed by atoms with Gasteiger partial charge in [-0.15, -0.1) is 0 Å². The molecule has 0 spiro atoms. The van der Waals surface area contributed by atoms with Crippen LogP contribution in [-0.4, -0.2) is 19.6 Å². The third-order valence-electron chi connectivity index (χ3n) is 2.76. The van der Waals surface area contributed by atoms with Crippen LogP contribution in [0.3, 0.4) is 0 Å². The number of nitro benzene ring substituents is 1. The molecule has 0 aromatic heterocycles. The van der Waals surface area contributed by atoms with E-state index in [1.165, 1.54) is 36.4 Å². The predicted octanol–water partition coefficient (Wildman–Crippen LogP) is 2.66. The molecule has 2 aromatic rings. The van der Waals surface area contributed by atoms with Crippen LogP contribution in [0.1, 0.15) is 5.56 Å². The van der Waals surface area contributed by atoms with Crippen LogP contribution >= 0.6 is 0 Å². The molecule has 0 aliphatic rings. The summed E-state index contributed by atoms with van der Waals surface area (Å²) in [6.07, 6.45) is 1.08. The van der Waals surface area contributed by atoms with Gasteiger partial charge in [0.05, 0.1) is 21.5 Å². The van der Waals surface area contributed by atoms with Gasteiger partial charge in [-0.3, -0.25) is 10.1 Å². The van der Waals surface area contributed by atoms with Crippen LogP contribution in [0.15, 0.2) is 47.4 Å². The first-order valence-electron chi connectivity index (χ1n) is 5.98. The number of nitro groups is 1. The Morgan fingerprint density at radius 2 is 1.82 bits per heavy atom. The van der Waals surface area contributed by atoms with E-state index in [1.54, 1.807) is 0 Å². The summed E-state index contributed by atoms with van der Waals surface area (Å²) in [5, 5.41) is 19.8. The van der Waals surface area contributed by atoms with Crippen LogP contribution in [0, 0.1) is 21.4 Å². The molecule has 0 saturated carbocycles. The fraction of sp³-hybridized carbons (Fsp3) is 0.0714. The van der Waals surface area contributed by atoms with Crippen molar-refractivity contribution in [1.29, 1.82) is 5.26 Å². The first-order chi connectivity index (χ1) is 10.3. The molecule has 0 amide bonds. The van der Waals surface area contributed by atoms with Crippen LogP contribution in [-0.2, 0) is 9.84 Å². The third-order valence-corrected chi connectivity index (χ3v) is 3.89. The summed E-state index contributed by atoms with van der Waals surface area (Å²) in [6, 6.07) is 11.1. The second-order valence-corrected chi connectivity index (χ2v) is 6.41. The number of nitrogens with zero attached hydrogens (tertiary/aromatic N) is 2. The number of nitriles is 1. The highest BCUT2D eigenvalue weighted by Crippen LogP contribution is 2.32. The Bertz CT molecular complexity index is 867. The van der Waals surface area contributed by atoms with Crippen molar-refractivity contribution in [3.05, 3.63) is 58.1 Å². The molecule has 2 rings (SSSR count). The fourth-order valence-electron chi connectivity index (χ4n) is 1.70.